The van der Waals surface area contributed by atoms with Crippen molar-refractivity contribution in [3.05, 3.63) is 0 Å². The van der Waals surface area contributed by atoms with E-state index in [9.17, 15) is 14.2 Å². The first-order chi connectivity index (χ1) is 8.88. The maximum Gasteiger partial charge on any atom is 0.344 e. The molecule has 9 heteroatoms. The summed E-state index contributed by atoms with van der Waals surface area (Å²) in [6.45, 7) is 5.31. The summed E-state index contributed by atoms with van der Waals surface area (Å²) in [4.78, 5) is 22.8. The summed E-state index contributed by atoms with van der Waals surface area (Å²) in [5.74, 6) is -1.49. The normalized spacial score (nSPS) is 12.8. The summed E-state index contributed by atoms with van der Waals surface area (Å²) in [5.41, 5.74) is -1.33. The highest BCUT2D eigenvalue weighted by Crippen LogP contribution is 2.47. The molecule has 0 heterocycles. The molecule has 0 saturated heterocycles. The van der Waals surface area contributed by atoms with E-state index in [2.05, 4.69) is 10.1 Å². The van der Waals surface area contributed by atoms with E-state index in [4.69, 9.17) is 20.6 Å². The summed E-state index contributed by atoms with van der Waals surface area (Å²) in [7, 11) is -3.50. The molecular weight excluding hydrogens is 297 g/mol. The lowest BCUT2D eigenvalue weighted by atomic mass is 10.6. The molecule has 112 valence electrons. The Bertz CT molecular complexity index is 341. The number of hydrogen-bond acceptors (Lipinski definition) is 6. The predicted molar refractivity (Wildman–Crippen MR) is 70.1 cm³/mol. The molecule has 0 aromatic heterocycles. The van der Waals surface area contributed by atoms with Crippen LogP contribution in [0.25, 0.3) is 0 Å². The highest BCUT2D eigenvalue weighted by atomic mass is 35.5. The van der Waals surface area contributed by atoms with E-state index in [-0.39, 0.29) is 19.8 Å². The number of alkyl halides is 1. The van der Waals surface area contributed by atoms with Gasteiger partial charge in [0.25, 0.3) is 0 Å². The fraction of sp³-hybridized carbons (Fsp3) is 0.800. The van der Waals surface area contributed by atoms with Crippen molar-refractivity contribution in [1.29, 1.82) is 0 Å². The molecule has 0 aromatic rings. The first-order valence-electron chi connectivity index (χ1n) is 5.86. The van der Waals surface area contributed by atoms with Crippen molar-refractivity contribution in [2.24, 2.45) is 0 Å². The van der Waals surface area contributed by atoms with Crippen molar-refractivity contribution in [3.63, 3.8) is 0 Å². The molecule has 0 saturated carbocycles. The zero-order valence-corrected chi connectivity index (χ0v) is 12.8. The molecule has 0 aliphatic heterocycles. The molecule has 0 radical (unpaired) electrons. The van der Waals surface area contributed by atoms with Gasteiger partial charge in [-0.25, -0.2) is 4.79 Å². The summed E-state index contributed by atoms with van der Waals surface area (Å²) in [6.07, 6.45) is -0.503. The van der Waals surface area contributed by atoms with Crippen molar-refractivity contribution in [3.8, 4) is 0 Å². The van der Waals surface area contributed by atoms with E-state index in [0.717, 1.165) is 0 Å². The van der Waals surface area contributed by atoms with Crippen LogP contribution >= 0.6 is 19.2 Å². The quantitative estimate of drug-likeness (QED) is 0.300. The molecule has 1 N–H and O–H groups in total. The van der Waals surface area contributed by atoms with Crippen molar-refractivity contribution in [2.45, 2.75) is 26.3 Å². The molecule has 1 atom stereocenters. The number of rotatable bonds is 9. The monoisotopic (exact) mass is 315 g/mol. The molecule has 1 amide bonds. The van der Waals surface area contributed by atoms with Crippen molar-refractivity contribution < 1.29 is 27.9 Å². The van der Waals surface area contributed by atoms with E-state index in [1.165, 1.54) is 0 Å². The van der Waals surface area contributed by atoms with Crippen molar-refractivity contribution in [2.75, 3.05) is 26.0 Å². The Morgan fingerprint density at radius 2 is 1.68 bits per heavy atom. The Hall–Kier alpha value is -0.620. The van der Waals surface area contributed by atoms with Gasteiger partial charge in [-0.05, 0) is 20.8 Å². The second-order valence-electron chi connectivity index (χ2n) is 3.29. The molecule has 0 aromatic carbocycles. The van der Waals surface area contributed by atoms with Gasteiger partial charge in [-0.15, -0.1) is 0 Å². The first kappa shape index (κ1) is 18.4. The Morgan fingerprint density at radius 3 is 2.11 bits per heavy atom. The zero-order chi connectivity index (χ0) is 14.9. The second kappa shape index (κ2) is 9.31. The number of esters is 1. The van der Waals surface area contributed by atoms with Gasteiger partial charge < -0.3 is 19.1 Å². The van der Waals surface area contributed by atoms with Crippen molar-refractivity contribution in [1.82, 2.24) is 5.32 Å². The lowest BCUT2D eigenvalue weighted by Gasteiger charge is -2.17. The minimum Gasteiger partial charge on any atom is -0.464 e. The smallest absolute Gasteiger partial charge is 0.344 e. The van der Waals surface area contributed by atoms with Crippen LogP contribution in [0, 0.1) is 0 Å². The van der Waals surface area contributed by atoms with Crippen LogP contribution in [-0.2, 0) is 27.9 Å². The molecule has 0 aliphatic carbocycles. The van der Waals surface area contributed by atoms with Gasteiger partial charge in [-0.2, -0.15) is 0 Å². The number of hydrogen-bond donors (Lipinski definition) is 1. The van der Waals surface area contributed by atoms with Crippen LogP contribution in [0.5, 0.6) is 0 Å². The second-order valence-corrected chi connectivity index (χ2v) is 5.78. The lowest BCUT2D eigenvalue weighted by Crippen LogP contribution is -2.39. The van der Waals surface area contributed by atoms with Crippen LogP contribution in [0.3, 0.4) is 0 Å². The lowest BCUT2D eigenvalue weighted by molar-refractivity contribution is -0.144. The summed E-state index contributed by atoms with van der Waals surface area (Å²) in [6, 6.07) is 0. The van der Waals surface area contributed by atoms with E-state index >= 15 is 0 Å². The van der Waals surface area contributed by atoms with Gasteiger partial charge in [0, 0.05) is 0 Å². The maximum atomic E-state index is 12.0. The topological polar surface area (TPSA) is 90.9 Å². The van der Waals surface area contributed by atoms with E-state index in [0.29, 0.717) is 0 Å². The molecule has 0 fully saturated rings. The molecule has 1 unspecified atom stereocenters. The SMILES string of the molecule is CCOC(=O)C(Cl)NC(=O)CP(=O)(OCC)OCC. The fourth-order valence-electron chi connectivity index (χ4n) is 1.16. The van der Waals surface area contributed by atoms with Crippen LogP contribution in [0.1, 0.15) is 20.8 Å². The van der Waals surface area contributed by atoms with Crippen LogP contribution in [0.2, 0.25) is 0 Å². The third-order valence-electron chi connectivity index (χ3n) is 1.77. The summed E-state index contributed by atoms with van der Waals surface area (Å²) in [5, 5.41) is 2.16. The Labute approximate surface area is 117 Å². The molecular formula is C10H19ClNO6P. The Morgan fingerprint density at radius 1 is 1.16 bits per heavy atom. The average Bonchev–Trinajstić information content (AvgIpc) is 2.28. The van der Waals surface area contributed by atoms with Crippen LogP contribution in [0.4, 0.5) is 0 Å². The van der Waals surface area contributed by atoms with Gasteiger partial charge in [-0.3, -0.25) is 9.36 Å². The number of nitrogens with one attached hydrogen (secondary N) is 1. The van der Waals surface area contributed by atoms with Gasteiger partial charge in [0.15, 0.2) is 0 Å². The van der Waals surface area contributed by atoms with E-state index < -0.39 is 31.1 Å². The number of halogens is 1. The number of carbonyl (C=O) groups excluding carboxylic acids is 2. The van der Waals surface area contributed by atoms with Gasteiger partial charge in [0.05, 0.1) is 19.8 Å². The van der Waals surface area contributed by atoms with Crippen molar-refractivity contribution >= 4 is 31.1 Å². The highest BCUT2D eigenvalue weighted by molar-refractivity contribution is 7.54. The minimum absolute atomic E-state index is 0.146. The Balaban J connectivity index is 4.42. The predicted octanol–water partition coefficient (Wildman–Crippen LogP) is 1.50. The standard InChI is InChI=1S/C10H19ClNO6P/c1-4-16-10(14)9(11)12-8(13)7-19(15,17-5-2)18-6-3/h9H,4-7H2,1-3H3,(H,12,13). The van der Waals surface area contributed by atoms with Gasteiger partial charge in [-0.1, -0.05) is 11.6 Å². The fourth-order valence-corrected chi connectivity index (χ4v) is 2.83. The number of carbonyl (C=O) groups is 2. The van der Waals surface area contributed by atoms with Gasteiger partial charge in [0.2, 0.25) is 11.4 Å². The third kappa shape index (κ3) is 7.52. The van der Waals surface area contributed by atoms with Crippen LogP contribution < -0.4 is 5.32 Å². The molecule has 19 heavy (non-hydrogen) atoms. The third-order valence-corrected chi connectivity index (χ3v) is 4.04. The summed E-state index contributed by atoms with van der Waals surface area (Å²) < 4.78 is 26.5. The van der Waals surface area contributed by atoms with Crippen LogP contribution in [-0.4, -0.2) is 43.4 Å². The minimum atomic E-state index is -3.50. The van der Waals surface area contributed by atoms with E-state index in [1.807, 2.05) is 0 Å². The molecule has 0 aliphatic rings. The number of amides is 1. The summed E-state index contributed by atoms with van der Waals surface area (Å²) >= 11 is 5.61. The zero-order valence-electron chi connectivity index (χ0n) is 11.2. The highest BCUT2D eigenvalue weighted by Gasteiger charge is 2.29. The van der Waals surface area contributed by atoms with Crippen LogP contribution in [0.15, 0.2) is 0 Å². The Kier molecular flexibility index (Phi) is 9.01. The molecule has 0 bridgehead atoms. The molecule has 0 rings (SSSR count). The number of ether oxygens (including phenoxy) is 1. The largest absolute Gasteiger partial charge is 0.464 e. The molecule has 7 nitrogen and oxygen atoms in total. The van der Waals surface area contributed by atoms with E-state index in [1.54, 1.807) is 20.8 Å². The average molecular weight is 316 g/mol. The maximum absolute atomic E-state index is 12.0. The van der Waals surface area contributed by atoms with Gasteiger partial charge >= 0.3 is 13.6 Å². The molecule has 0 spiro atoms. The first-order valence-corrected chi connectivity index (χ1v) is 8.03. The van der Waals surface area contributed by atoms with Gasteiger partial charge in [0.1, 0.15) is 6.16 Å².